The lowest BCUT2D eigenvalue weighted by Crippen LogP contribution is -2.56. The molecule has 176 valence electrons. The van der Waals surface area contributed by atoms with E-state index >= 15 is 0 Å². The number of nitrogens with zero attached hydrogens (tertiary/aromatic N) is 3. The minimum atomic E-state index is -0.726. The number of anilines is 1. The molecule has 1 fully saturated rings. The van der Waals surface area contributed by atoms with E-state index in [1.165, 1.54) is 28.9 Å². The van der Waals surface area contributed by atoms with Crippen LogP contribution in [0.3, 0.4) is 0 Å². The molecule has 1 aliphatic heterocycles. The van der Waals surface area contributed by atoms with Crippen LogP contribution in [-0.4, -0.2) is 53.9 Å². The second-order valence-corrected chi connectivity index (χ2v) is 9.05. The van der Waals surface area contributed by atoms with E-state index in [1.807, 2.05) is 19.9 Å². The standard InChI is InChI=1S/C24H29ClN4O4/c1-15(2)22(26-23(30)19-9-8-18(29(32)33)14-20(19)25)24(31)28-12-10-27(11-13-28)21-7-5-6-16(3)17(21)4/h5-9,14-15,22H,10-13H2,1-4H3,(H,26,30). The minimum Gasteiger partial charge on any atom is -0.368 e. The van der Waals surface area contributed by atoms with Gasteiger partial charge in [0.05, 0.1) is 15.5 Å². The van der Waals surface area contributed by atoms with E-state index in [9.17, 15) is 19.7 Å². The summed E-state index contributed by atoms with van der Waals surface area (Å²) in [5, 5.41) is 13.7. The van der Waals surface area contributed by atoms with Crippen LogP contribution in [0.4, 0.5) is 11.4 Å². The highest BCUT2D eigenvalue weighted by atomic mass is 35.5. The summed E-state index contributed by atoms with van der Waals surface area (Å²) in [4.78, 5) is 40.5. The highest BCUT2D eigenvalue weighted by molar-refractivity contribution is 6.34. The first-order valence-corrected chi connectivity index (χ1v) is 11.3. The quantitative estimate of drug-likeness (QED) is 0.507. The van der Waals surface area contributed by atoms with Gasteiger partial charge in [-0.1, -0.05) is 37.6 Å². The molecule has 0 bridgehead atoms. The molecule has 0 aromatic heterocycles. The van der Waals surface area contributed by atoms with Crippen molar-refractivity contribution in [3.63, 3.8) is 0 Å². The van der Waals surface area contributed by atoms with Crippen molar-refractivity contribution in [2.45, 2.75) is 33.7 Å². The first kappa shape index (κ1) is 24.5. The molecule has 1 aliphatic rings. The number of rotatable bonds is 6. The second-order valence-electron chi connectivity index (χ2n) is 8.65. The maximum Gasteiger partial charge on any atom is 0.270 e. The van der Waals surface area contributed by atoms with Crippen LogP contribution in [0.25, 0.3) is 0 Å². The topological polar surface area (TPSA) is 95.8 Å². The Morgan fingerprint density at radius 3 is 2.33 bits per heavy atom. The van der Waals surface area contributed by atoms with Gasteiger partial charge in [0.15, 0.2) is 0 Å². The van der Waals surface area contributed by atoms with E-state index in [0.717, 1.165) is 6.07 Å². The molecule has 1 unspecified atom stereocenters. The Hall–Kier alpha value is -3.13. The number of aryl methyl sites for hydroxylation is 1. The van der Waals surface area contributed by atoms with Crippen molar-refractivity contribution in [1.29, 1.82) is 0 Å². The lowest BCUT2D eigenvalue weighted by Gasteiger charge is -2.39. The van der Waals surface area contributed by atoms with Crippen LogP contribution in [0.15, 0.2) is 36.4 Å². The molecule has 2 aromatic carbocycles. The lowest BCUT2D eigenvalue weighted by atomic mass is 10.0. The number of nitro groups is 1. The predicted octanol–water partition coefficient (Wildman–Crippen LogP) is 3.97. The van der Waals surface area contributed by atoms with Crippen LogP contribution in [0.5, 0.6) is 0 Å². The first-order chi connectivity index (χ1) is 15.6. The fourth-order valence-corrected chi connectivity index (χ4v) is 4.24. The second kappa shape index (κ2) is 10.2. The Bertz CT molecular complexity index is 1060. The van der Waals surface area contributed by atoms with Crippen LogP contribution in [0, 0.1) is 29.9 Å². The third kappa shape index (κ3) is 5.45. The van der Waals surface area contributed by atoms with Gasteiger partial charge in [-0.05, 0) is 43.0 Å². The van der Waals surface area contributed by atoms with Crippen molar-refractivity contribution < 1.29 is 14.5 Å². The number of halogens is 1. The molecule has 0 spiro atoms. The molecule has 33 heavy (non-hydrogen) atoms. The molecule has 1 atom stereocenters. The number of piperazine rings is 1. The molecule has 0 aliphatic carbocycles. The van der Waals surface area contributed by atoms with Crippen LogP contribution in [0.1, 0.15) is 35.3 Å². The van der Waals surface area contributed by atoms with Gasteiger partial charge in [-0.25, -0.2) is 0 Å². The average molecular weight is 473 g/mol. The van der Waals surface area contributed by atoms with Crippen LogP contribution in [-0.2, 0) is 4.79 Å². The summed E-state index contributed by atoms with van der Waals surface area (Å²) < 4.78 is 0. The molecular formula is C24H29ClN4O4. The van der Waals surface area contributed by atoms with E-state index in [4.69, 9.17) is 11.6 Å². The molecule has 1 N–H and O–H groups in total. The predicted molar refractivity (Wildman–Crippen MR) is 129 cm³/mol. The van der Waals surface area contributed by atoms with Crippen molar-refractivity contribution in [2.75, 3.05) is 31.1 Å². The molecule has 2 aromatic rings. The first-order valence-electron chi connectivity index (χ1n) is 10.9. The van der Waals surface area contributed by atoms with Crippen molar-refractivity contribution in [3.05, 3.63) is 68.2 Å². The van der Waals surface area contributed by atoms with Gasteiger partial charge < -0.3 is 15.1 Å². The number of nitro benzene ring substituents is 1. The zero-order chi connectivity index (χ0) is 24.3. The van der Waals surface area contributed by atoms with Crippen molar-refractivity contribution in [1.82, 2.24) is 10.2 Å². The van der Waals surface area contributed by atoms with Gasteiger partial charge in [0.1, 0.15) is 6.04 Å². The number of hydrogen-bond donors (Lipinski definition) is 1. The van der Waals surface area contributed by atoms with Gasteiger partial charge in [0.25, 0.3) is 11.6 Å². The normalized spacial score (nSPS) is 14.8. The Morgan fingerprint density at radius 2 is 1.76 bits per heavy atom. The molecule has 9 heteroatoms. The molecule has 0 saturated carbocycles. The molecule has 2 amide bonds. The third-order valence-electron chi connectivity index (χ3n) is 6.14. The Morgan fingerprint density at radius 1 is 1.09 bits per heavy atom. The fourth-order valence-electron chi connectivity index (χ4n) is 3.98. The van der Waals surface area contributed by atoms with E-state index in [2.05, 4.69) is 36.2 Å². The number of hydrogen-bond acceptors (Lipinski definition) is 5. The smallest absolute Gasteiger partial charge is 0.270 e. The highest BCUT2D eigenvalue weighted by Crippen LogP contribution is 2.25. The average Bonchev–Trinajstić information content (AvgIpc) is 2.78. The van der Waals surface area contributed by atoms with Crippen molar-refractivity contribution >= 4 is 34.8 Å². The number of carbonyl (C=O) groups is 2. The molecule has 1 saturated heterocycles. The Kier molecular flexibility index (Phi) is 7.58. The summed E-state index contributed by atoms with van der Waals surface area (Å²) in [6, 6.07) is 9.17. The number of nitrogens with one attached hydrogen (secondary N) is 1. The van der Waals surface area contributed by atoms with Gasteiger partial charge >= 0.3 is 0 Å². The molecular weight excluding hydrogens is 444 g/mol. The maximum absolute atomic E-state index is 13.3. The van der Waals surface area contributed by atoms with Crippen LogP contribution >= 0.6 is 11.6 Å². The van der Waals surface area contributed by atoms with Crippen LogP contribution < -0.4 is 10.2 Å². The van der Waals surface area contributed by atoms with Crippen molar-refractivity contribution in [2.24, 2.45) is 5.92 Å². The monoisotopic (exact) mass is 472 g/mol. The number of amides is 2. The number of carbonyl (C=O) groups excluding carboxylic acids is 2. The summed E-state index contributed by atoms with van der Waals surface area (Å²) in [5.41, 5.74) is 3.56. The molecule has 0 radical (unpaired) electrons. The summed E-state index contributed by atoms with van der Waals surface area (Å²) in [7, 11) is 0. The van der Waals surface area contributed by atoms with Gasteiger partial charge in [-0.15, -0.1) is 0 Å². The van der Waals surface area contributed by atoms with E-state index < -0.39 is 16.9 Å². The zero-order valence-corrected chi connectivity index (χ0v) is 20.1. The van der Waals surface area contributed by atoms with Gasteiger partial charge in [0, 0.05) is 44.0 Å². The summed E-state index contributed by atoms with van der Waals surface area (Å²) in [6.07, 6.45) is 0. The minimum absolute atomic E-state index is 0.0289. The fraction of sp³-hybridized carbons (Fsp3) is 0.417. The summed E-state index contributed by atoms with van der Waals surface area (Å²) in [5.74, 6) is -0.816. The SMILES string of the molecule is Cc1cccc(N2CCN(C(=O)C(NC(=O)c3ccc([N+](=O)[O-])cc3Cl)C(C)C)CC2)c1C. The molecule has 1 heterocycles. The Balaban J connectivity index is 1.68. The molecule has 8 nitrogen and oxygen atoms in total. The van der Waals surface area contributed by atoms with Gasteiger partial charge in [0.2, 0.25) is 5.91 Å². The van der Waals surface area contributed by atoms with Crippen molar-refractivity contribution in [3.8, 4) is 0 Å². The largest absolute Gasteiger partial charge is 0.368 e. The maximum atomic E-state index is 13.3. The highest BCUT2D eigenvalue weighted by Gasteiger charge is 2.31. The van der Waals surface area contributed by atoms with E-state index in [0.29, 0.717) is 26.2 Å². The third-order valence-corrected chi connectivity index (χ3v) is 6.45. The number of non-ortho nitro benzene ring substituents is 1. The summed E-state index contributed by atoms with van der Waals surface area (Å²) >= 11 is 6.09. The summed E-state index contributed by atoms with van der Waals surface area (Å²) in [6.45, 7) is 10.5. The van der Waals surface area contributed by atoms with E-state index in [1.54, 1.807) is 4.90 Å². The molecule has 3 rings (SSSR count). The van der Waals surface area contributed by atoms with Gasteiger partial charge in [-0.3, -0.25) is 19.7 Å². The Labute approximate surface area is 198 Å². The van der Waals surface area contributed by atoms with Crippen LogP contribution in [0.2, 0.25) is 5.02 Å². The van der Waals surface area contributed by atoms with Gasteiger partial charge in [-0.2, -0.15) is 0 Å². The lowest BCUT2D eigenvalue weighted by molar-refractivity contribution is -0.384. The number of benzene rings is 2. The zero-order valence-electron chi connectivity index (χ0n) is 19.3. The van der Waals surface area contributed by atoms with E-state index in [-0.39, 0.29) is 28.1 Å².